The van der Waals surface area contributed by atoms with Crippen LogP contribution in [0.5, 0.6) is 5.75 Å². The number of aromatic nitrogens is 3. The van der Waals surface area contributed by atoms with Crippen molar-refractivity contribution < 1.29 is 9.53 Å². The third-order valence-corrected chi connectivity index (χ3v) is 8.09. The van der Waals surface area contributed by atoms with Gasteiger partial charge in [0, 0.05) is 43.6 Å². The van der Waals surface area contributed by atoms with Crippen molar-refractivity contribution in [2.24, 2.45) is 0 Å². The second-order valence-electron chi connectivity index (χ2n) is 10.1. The number of carbonyl (C=O) groups is 1. The van der Waals surface area contributed by atoms with Gasteiger partial charge in [0.05, 0.1) is 29.4 Å². The molecule has 4 heterocycles. The van der Waals surface area contributed by atoms with Crippen molar-refractivity contribution in [2.75, 3.05) is 38.2 Å². The molecule has 2 aliphatic rings. The van der Waals surface area contributed by atoms with Crippen LogP contribution in [0.1, 0.15) is 5.56 Å². The molecule has 196 valence electrons. The van der Waals surface area contributed by atoms with E-state index in [4.69, 9.17) is 9.72 Å². The van der Waals surface area contributed by atoms with Crippen molar-refractivity contribution in [1.82, 2.24) is 19.0 Å². The van der Waals surface area contributed by atoms with Crippen LogP contribution in [0.15, 0.2) is 77.6 Å². The van der Waals surface area contributed by atoms with Crippen LogP contribution in [-0.2, 0) is 24.3 Å². The fourth-order valence-electron chi connectivity index (χ4n) is 6.15. The third-order valence-electron chi connectivity index (χ3n) is 8.09. The normalized spacial score (nSPS) is 14.9. The zero-order valence-electron chi connectivity index (χ0n) is 21.8. The van der Waals surface area contributed by atoms with Gasteiger partial charge in [-0.15, -0.1) is 0 Å². The van der Waals surface area contributed by atoms with Crippen LogP contribution < -0.4 is 15.2 Å². The summed E-state index contributed by atoms with van der Waals surface area (Å²) in [5.74, 6) is 1.56. The van der Waals surface area contributed by atoms with E-state index in [1.54, 1.807) is 11.7 Å². The number of hydrogen-bond acceptors (Lipinski definition) is 5. The molecule has 8 nitrogen and oxygen atoms in total. The second-order valence-corrected chi connectivity index (χ2v) is 10.1. The number of aryl methyl sites for hydroxylation is 1. The number of methoxy groups -OCH3 is 1. The SMILES string of the molecule is COc1ccccc1N1CCN(C(=O)Cn2c3c(c4ccccc42)CCn2c-3nc3ccccc3c2=O)CC1. The van der Waals surface area contributed by atoms with E-state index < -0.39 is 0 Å². The lowest BCUT2D eigenvalue weighted by atomic mass is 10.0. The van der Waals surface area contributed by atoms with Crippen molar-refractivity contribution >= 4 is 33.4 Å². The summed E-state index contributed by atoms with van der Waals surface area (Å²) in [4.78, 5) is 36.3. The van der Waals surface area contributed by atoms with E-state index >= 15 is 0 Å². The molecule has 1 amide bonds. The maximum Gasteiger partial charge on any atom is 0.261 e. The summed E-state index contributed by atoms with van der Waals surface area (Å²) in [6.07, 6.45) is 0.724. The Morgan fingerprint density at radius 2 is 1.59 bits per heavy atom. The molecule has 0 atom stereocenters. The number of rotatable bonds is 4. The molecule has 2 aromatic heterocycles. The van der Waals surface area contributed by atoms with Gasteiger partial charge in [-0.05, 0) is 42.3 Å². The number of nitrogens with zero attached hydrogens (tertiary/aromatic N) is 5. The maximum atomic E-state index is 13.7. The number of amides is 1. The number of para-hydroxylation sites is 4. The lowest BCUT2D eigenvalue weighted by Crippen LogP contribution is -2.49. The van der Waals surface area contributed by atoms with E-state index in [0.29, 0.717) is 36.4 Å². The highest BCUT2D eigenvalue weighted by Gasteiger charge is 2.30. The van der Waals surface area contributed by atoms with Gasteiger partial charge >= 0.3 is 0 Å². The molecule has 0 aliphatic carbocycles. The Kier molecular flexibility index (Phi) is 5.61. The van der Waals surface area contributed by atoms with Crippen molar-refractivity contribution in [3.05, 3.63) is 88.7 Å². The highest BCUT2D eigenvalue weighted by atomic mass is 16.5. The van der Waals surface area contributed by atoms with Crippen molar-refractivity contribution in [2.45, 2.75) is 19.5 Å². The van der Waals surface area contributed by atoms with Crippen LogP contribution in [0.25, 0.3) is 33.3 Å². The Bertz CT molecular complexity index is 1800. The van der Waals surface area contributed by atoms with Gasteiger partial charge in [-0.2, -0.15) is 0 Å². The minimum absolute atomic E-state index is 0.0307. The summed E-state index contributed by atoms with van der Waals surface area (Å²) in [6.45, 7) is 3.53. The first kappa shape index (κ1) is 23.5. The molecule has 0 radical (unpaired) electrons. The molecular weight excluding hydrogens is 490 g/mol. The Labute approximate surface area is 225 Å². The number of ether oxygens (including phenoxy) is 1. The lowest BCUT2D eigenvalue weighted by Gasteiger charge is -2.36. The number of benzene rings is 3. The second kappa shape index (κ2) is 9.31. The van der Waals surface area contributed by atoms with Crippen LogP contribution in [0.2, 0.25) is 0 Å². The molecule has 1 saturated heterocycles. The maximum absolute atomic E-state index is 13.7. The number of fused-ring (bicyclic) bond motifs is 6. The molecule has 3 aromatic carbocycles. The van der Waals surface area contributed by atoms with E-state index in [1.807, 2.05) is 59.5 Å². The highest BCUT2D eigenvalue weighted by molar-refractivity contribution is 5.94. The first-order chi connectivity index (χ1) is 19.1. The van der Waals surface area contributed by atoms with Gasteiger partial charge in [0.15, 0.2) is 5.82 Å². The molecule has 1 fully saturated rings. The molecular formula is C31H29N5O3. The molecule has 5 aromatic rings. The topological polar surface area (TPSA) is 72.6 Å². The van der Waals surface area contributed by atoms with Gasteiger partial charge in [0.25, 0.3) is 5.56 Å². The molecule has 8 heteroatoms. The number of carbonyl (C=O) groups excluding carboxylic acids is 1. The highest BCUT2D eigenvalue weighted by Crippen LogP contribution is 2.37. The minimum atomic E-state index is -0.0307. The van der Waals surface area contributed by atoms with Crippen LogP contribution >= 0.6 is 0 Å². The molecule has 0 unspecified atom stereocenters. The average molecular weight is 520 g/mol. The molecule has 0 spiro atoms. The van der Waals surface area contributed by atoms with Gasteiger partial charge in [-0.25, -0.2) is 4.98 Å². The fraction of sp³-hybridized carbons (Fsp3) is 0.258. The van der Waals surface area contributed by atoms with Gasteiger partial charge in [0.1, 0.15) is 12.3 Å². The zero-order chi connectivity index (χ0) is 26.5. The van der Waals surface area contributed by atoms with E-state index in [0.717, 1.165) is 53.1 Å². The number of piperazine rings is 1. The van der Waals surface area contributed by atoms with Crippen molar-refractivity contribution in [3.63, 3.8) is 0 Å². The first-order valence-electron chi connectivity index (χ1n) is 13.4. The summed E-state index contributed by atoms with van der Waals surface area (Å²) in [5.41, 5.74) is 4.74. The van der Waals surface area contributed by atoms with Crippen LogP contribution in [-0.4, -0.2) is 58.2 Å². The summed E-state index contributed by atoms with van der Waals surface area (Å²) in [6, 6.07) is 23.7. The lowest BCUT2D eigenvalue weighted by molar-refractivity contribution is -0.132. The first-order valence-corrected chi connectivity index (χ1v) is 13.4. The van der Waals surface area contributed by atoms with Crippen LogP contribution in [0, 0.1) is 0 Å². The van der Waals surface area contributed by atoms with Gasteiger partial charge < -0.3 is 19.1 Å². The summed E-state index contributed by atoms with van der Waals surface area (Å²) < 4.78 is 9.39. The van der Waals surface area contributed by atoms with Crippen molar-refractivity contribution in [1.29, 1.82) is 0 Å². The molecule has 7 rings (SSSR count). The largest absolute Gasteiger partial charge is 0.495 e. The monoisotopic (exact) mass is 519 g/mol. The molecule has 2 aliphatic heterocycles. The Balaban J connectivity index is 1.23. The Morgan fingerprint density at radius 3 is 2.41 bits per heavy atom. The average Bonchev–Trinajstić information content (AvgIpc) is 3.31. The predicted octanol–water partition coefficient (Wildman–Crippen LogP) is 3.93. The van der Waals surface area contributed by atoms with Gasteiger partial charge in [-0.3, -0.25) is 14.2 Å². The minimum Gasteiger partial charge on any atom is -0.495 e. The molecule has 0 saturated carbocycles. The predicted molar refractivity (Wildman–Crippen MR) is 152 cm³/mol. The molecule has 0 N–H and O–H groups in total. The fourth-order valence-corrected chi connectivity index (χ4v) is 6.15. The summed E-state index contributed by atoms with van der Waals surface area (Å²) >= 11 is 0. The third kappa shape index (κ3) is 3.78. The Hall–Kier alpha value is -4.59. The smallest absolute Gasteiger partial charge is 0.261 e. The zero-order valence-corrected chi connectivity index (χ0v) is 21.8. The van der Waals surface area contributed by atoms with E-state index in [1.165, 1.54) is 0 Å². The number of hydrogen-bond donors (Lipinski definition) is 0. The van der Waals surface area contributed by atoms with E-state index in [2.05, 4.69) is 27.7 Å². The van der Waals surface area contributed by atoms with Gasteiger partial charge in [0.2, 0.25) is 5.91 Å². The number of anilines is 1. The van der Waals surface area contributed by atoms with Crippen LogP contribution in [0.3, 0.4) is 0 Å². The summed E-state index contributed by atoms with van der Waals surface area (Å²) in [5, 5.41) is 1.74. The standard InChI is InChI=1S/C31H29N5O3/c1-39-27-13-7-6-12-26(27)33-16-18-34(19-17-33)28(37)20-36-25-11-5-3-8-21(25)22-14-15-35-30(29(22)36)32-24-10-4-2-9-23(24)31(35)38/h2-13H,14-20H2,1H3. The van der Waals surface area contributed by atoms with Crippen LogP contribution in [0.4, 0.5) is 5.69 Å². The van der Waals surface area contributed by atoms with Crippen molar-refractivity contribution in [3.8, 4) is 17.3 Å². The quantitative estimate of drug-likeness (QED) is 0.360. The molecule has 39 heavy (non-hydrogen) atoms. The van der Waals surface area contributed by atoms with E-state index in [9.17, 15) is 9.59 Å². The van der Waals surface area contributed by atoms with Gasteiger partial charge in [-0.1, -0.05) is 42.5 Å². The Morgan fingerprint density at radius 1 is 0.872 bits per heavy atom. The van der Waals surface area contributed by atoms with E-state index in [-0.39, 0.29) is 18.0 Å². The molecule has 0 bridgehead atoms. The summed E-state index contributed by atoms with van der Waals surface area (Å²) in [7, 11) is 1.69.